The van der Waals surface area contributed by atoms with Crippen LogP contribution in [0.15, 0.2) is 29.3 Å². The molecule has 0 unspecified atom stereocenters. The highest BCUT2D eigenvalue weighted by molar-refractivity contribution is 7.93. The van der Waals surface area contributed by atoms with Gasteiger partial charge in [0.15, 0.2) is 5.13 Å². The molecule has 1 heterocycles. The monoisotopic (exact) mass is 311 g/mol. The van der Waals surface area contributed by atoms with Crippen molar-refractivity contribution in [2.75, 3.05) is 11.8 Å². The molecular formula is C13H17N3O2S2. The van der Waals surface area contributed by atoms with E-state index in [1.165, 1.54) is 11.3 Å². The highest BCUT2D eigenvalue weighted by atomic mass is 32.2. The van der Waals surface area contributed by atoms with Gasteiger partial charge in [-0.3, -0.25) is 4.72 Å². The lowest BCUT2D eigenvalue weighted by atomic mass is 10.1. The first kappa shape index (κ1) is 15.0. The standard InChI is InChI=1S/C13H17N3O2S2/c1-9-4-5-12(6-11(9)8-14-3)20(17,18)16-13-15-7-10(2)19-13/h4-7,14H,8H2,1-3H3,(H,15,16). The molecule has 20 heavy (non-hydrogen) atoms. The second-order valence-corrected chi connectivity index (χ2v) is 7.42. The van der Waals surface area contributed by atoms with Crippen molar-refractivity contribution >= 4 is 26.5 Å². The predicted octanol–water partition coefficient (Wildman–Crippen LogP) is 2.28. The van der Waals surface area contributed by atoms with E-state index in [9.17, 15) is 8.42 Å². The molecule has 2 aromatic rings. The van der Waals surface area contributed by atoms with Gasteiger partial charge >= 0.3 is 0 Å². The van der Waals surface area contributed by atoms with Gasteiger partial charge in [0.05, 0.1) is 4.90 Å². The van der Waals surface area contributed by atoms with E-state index in [4.69, 9.17) is 0 Å². The van der Waals surface area contributed by atoms with Crippen molar-refractivity contribution in [1.29, 1.82) is 0 Å². The van der Waals surface area contributed by atoms with Gasteiger partial charge in [-0.2, -0.15) is 0 Å². The molecular weight excluding hydrogens is 294 g/mol. The Morgan fingerprint density at radius 3 is 2.65 bits per heavy atom. The predicted molar refractivity (Wildman–Crippen MR) is 81.6 cm³/mol. The second-order valence-electron chi connectivity index (χ2n) is 4.50. The highest BCUT2D eigenvalue weighted by Gasteiger charge is 2.17. The number of anilines is 1. The van der Waals surface area contributed by atoms with Crippen molar-refractivity contribution in [3.63, 3.8) is 0 Å². The average molecular weight is 311 g/mol. The van der Waals surface area contributed by atoms with Gasteiger partial charge in [-0.1, -0.05) is 6.07 Å². The topological polar surface area (TPSA) is 71.1 Å². The molecule has 0 saturated carbocycles. The third kappa shape index (κ3) is 3.36. The quantitative estimate of drug-likeness (QED) is 0.888. The van der Waals surface area contributed by atoms with Crippen LogP contribution in [0.3, 0.4) is 0 Å². The summed E-state index contributed by atoms with van der Waals surface area (Å²) in [5.74, 6) is 0. The maximum absolute atomic E-state index is 12.3. The Kier molecular flexibility index (Phi) is 4.42. The van der Waals surface area contributed by atoms with Crippen molar-refractivity contribution in [1.82, 2.24) is 10.3 Å². The number of aryl methyl sites for hydroxylation is 2. The van der Waals surface area contributed by atoms with Crippen molar-refractivity contribution in [2.24, 2.45) is 0 Å². The maximum Gasteiger partial charge on any atom is 0.263 e. The summed E-state index contributed by atoms with van der Waals surface area (Å²) in [6.07, 6.45) is 1.64. The summed E-state index contributed by atoms with van der Waals surface area (Å²) >= 11 is 1.31. The SMILES string of the molecule is CNCc1cc(S(=O)(=O)Nc2ncc(C)s2)ccc1C. The normalized spacial score (nSPS) is 11.6. The van der Waals surface area contributed by atoms with Gasteiger partial charge in [0, 0.05) is 17.6 Å². The molecule has 5 nitrogen and oxygen atoms in total. The van der Waals surface area contributed by atoms with Crippen molar-refractivity contribution in [3.8, 4) is 0 Å². The van der Waals surface area contributed by atoms with Gasteiger partial charge in [-0.05, 0) is 44.2 Å². The number of thiazole rings is 1. The Bertz CT molecular complexity index is 708. The van der Waals surface area contributed by atoms with E-state index in [0.717, 1.165) is 16.0 Å². The fraction of sp³-hybridized carbons (Fsp3) is 0.308. The Morgan fingerprint density at radius 1 is 1.30 bits per heavy atom. The van der Waals surface area contributed by atoms with E-state index >= 15 is 0 Å². The molecule has 0 atom stereocenters. The Balaban J connectivity index is 2.31. The van der Waals surface area contributed by atoms with Gasteiger partial charge in [0.2, 0.25) is 0 Å². The molecule has 0 aliphatic heterocycles. The first-order chi connectivity index (χ1) is 9.42. The van der Waals surface area contributed by atoms with Crippen LogP contribution in [0.4, 0.5) is 5.13 Å². The van der Waals surface area contributed by atoms with Crippen molar-refractivity contribution in [3.05, 3.63) is 40.4 Å². The lowest BCUT2D eigenvalue weighted by Crippen LogP contribution is -2.14. The average Bonchev–Trinajstić information content (AvgIpc) is 2.77. The number of hydrogen-bond acceptors (Lipinski definition) is 5. The Hall–Kier alpha value is -1.44. The minimum atomic E-state index is -3.59. The number of rotatable bonds is 5. The zero-order valence-corrected chi connectivity index (χ0v) is 13.2. The number of sulfonamides is 1. The summed E-state index contributed by atoms with van der Waals surface area (Å²) in [5.41, 5.74) is 2.02. The fourth-order valence-electron chi connectivity index (χ4n) is 1.77. The maximum atomic E-state index is 12.3. The van der Waals surface area contributed by atoms with Crippen LogP contribution in [0, 0.1) is 13.8 Å². The van der Waals surface area contributed by atoms with Gasteiger partial charge in [0.1, 0.15) is 0 Å². The summed E-state index contributed by atoms with van der Waals surface area (Å²) in [6.45, 7) is 4.47. The summed E-state index contributed by atoms with van der Waals surface area (Å²) in [5, 5.41) is 3.42. The third-order valence-corrected chi connectivity index (χ3v) is 5.14. The molecule has 0 radical (unpaired) electrons. The van der Waals surface area contributed by atoms with Gasteiger partial charge in [-0.15, -0.1) is 11.3 Å². The summed E-state index contributed by atoms with van der Waals surface area (Å²) in [4.78, 5) is 5.23. The lowest BCUT2D eigenvalue weighted by Gasteiger charge is -2.09. The van der Waals surface area contributed by atoms with Crippen LogP contribution in [0.2, 0.25) is 0 Å². The first-order valence-electron chi connectivity index (χ1n) is 6.12. The molecule has 0 aliphatic rings. The molecule has 108 valence electrons. The molecule has 7 heteroatoms. The molecule has 0 fully saturated rings. The van der Waals surface area contributed by atoms with Gasteiger partial charge < -0.3 is 5.32 Å². The van der Waals surface area contributed by atoms with Crippen LogP contribution in [0.1, 0.15) is 16.0 Å². The number of aromatic nitrogens is 1. The minimum Gasteiger partial charge on any atom is -0.316 e. The van der Waals surface area contributed by atoms with Crippen LogP contribution < -0.4 is 10.0 Å². The van der Waals surface area contributed by atoms with Gasteiger partial charge in [0.25, 0.3) is 10.0 Å². The minimum absolute atomic E-state index is 0.251. The Morgan fingerprint density at radius 2 is 2.05 bits per heavy atom. The second kappa shape index (κ2) is 5.90. The molecule has 0 bridgehead atoms. The molecule has 0 saturated heterocycles. The van der Waals surface area contributed by atoms with Crippen LogP contribution >= 0.6 is 11.3 Å². The van der Waals surface area contributed by atoms with Crippen LogP contribution in [0.25, 0.3) is 0 Å². The summed E-state index contributed by atoms with van der Waals surface area (Å²) in [7, 11) is -1.76. The lowest BCUT2D eigenvalue weighted by molar-refractivity contribution is 0.601. The molecule has 2 rings (SSSR count). The number of benzene rings is 1. The molecule has 1 aromatic heterocycles. The van der Waals surface area contributed by atoms with Crippen LogP contribution in [0.5, 0.6) is 0 Å². The zero-order valence-electron chi connectivity index (χ0n) is 11.6. The van der Waals surface area contributed by atoms with Crippen LogP contribution in [-0.4, -0.2) is 20.4 Å². The van der Waals surface area contributed by atoms with E-state index in [1.807, 2.05) is 27.0 Å². The van der Waals surface area contributed by atoms with Crippen molar-refractivity contribution in [2.45, 2.75) is 25.3 Å². The van der Waals surface area contributed by atoms with E-state index in [-0.39, 0.29) is 4.90 Å². The molecule has 0 amide bonds. The van der Waals surface area contributed by atoms with Crippen LogP contribution in [-0.2, 0) is 16.6 Å². The van der Waals surface area contributed by atoms with E-state index in [0.29, 0.717) is 11.7 Å². The fourth-order valence-corrected chi connectivity index (χ4v) is 3.73. The summed E-state index contributed by atoms with van der Waals surface area (Å²) < 4.78 is 27.1. The molecule has 1 aromatic carbocycles. The number of nitrogens with one attached hydrogen (secondary N) is 2. The largest absolute Gasteiger partial charge is 0.316 e. The van der Waals surface area contributed by atoms with Crippen molar-refractivity contribution < 1.29 is 8.42 Å². The molecule has 2 N–H and O–H groups in total. The third-order valence-electron chi connectivity index (χ3n) is 2.84. The smallest absolute Gasteiger partial charge is 0.263 e. The summed E-state index contributed by atoms with van der Waals surface area (Å²) in [6, 6.07) is 5.11. The van der Waals surface area contributed by atoms with E-state index in [1.54, 1.807) is 18.3 Å². The van der Waals surface area contributed by atoms with E-state index < -0.39 is 10.0 Å². The first-order valence-corrected chi connectivity index (χ1v) is 8.42. The Labute approximate surface area is 123 Å². The highest BCUT2D eigenvalue weighted by Crippen LogP contribution is 2.22. The molecule has 0 spiro atoms. The number of nitrogens with zero attached hydrogens (tertiary/aromatic N) is 1. The van der Waals surface area contributed by atoms with Gasteiger partial charge in [-0.25, -0.2) is 13.4 Å². The number of hydrogen-bond donors (Lipinski definition) is 2. The van der Waals surface area contributed by atoms with E-state index in [2.05, 4.69) is 15.0 Å². The molecule has 0 aliphatic carbocycles. The zero-order chi connectivity index (χ0) is 14.8.